The van der Waals surface area contributed by atoms with Gasteiger partial charge < -0.3 is 15.2 Å². The molecule has 17 heavy (non-hydrogen) atoms. The summed E-state index contributed by atoms with van der Waals surface area (Å²) in [4.78, 5) is 20.6. The second-order valence-corrected chi connectivity index (χ2v) is 4.48. The van der Waals surface area contributed by atoms with E-state index in [1.165, 1.54) is 38.8 Å². The van der Waals surface area contributed by atoms with Crippen LogP contribution in [-0.2, 0) is 0 Å². The van der Waals surface area contributed by atoms with Crippen molar-refractivity contribution in [3.63, 3.8) is 0 Å². The van der Waals surface area contributed by atoms with E-state index in [1.807, 2.05) is 0 Å². The molecule has 5 heteroatoms. The molecule has 1 saturated heterocycles. The molecule has 1 fully saturated rings. The van der Waals surface area contributed by atoms with Crippen LogP contribution in [0.4, 0.5) is 0 Å². The van der Waals surface area contributed by atoms with E-state index in [0.717, 1.165) is 19.4 Å². The summed E-state index contributed by atoms with van der Waals surface area (Å²) in [5.41, 5.74) is 0.532. The molecule has 0 saturated carbocycles. The molecule has 1 aliphatic rings. The van der Waals surface area contributed by atoms with Gasteiger partial charge in [0.25, 0.3) is 5.91 Å². The third-order valence-corrected chi connectivity index (χ3v) is 3.13. The number of carbonyl (C=O) groups is 1. The van der Waals surface area contributed by atoms with E-state index in [2.05, 4.69) is 20.2 Å². The average Bonchev–Trinajstić information content (AvgIpc) is 3.01. The van der Waals surface area contributed by atoms with Gasteiger partial charge in [-0.1, -0.05) is 0 Å². The molecule has 94 valence electrons. The largest absolute Gasteiger partial charge is 0.351 e. The molecule has 1 aliphatic heterocycles. The minimum Gasteiger partial charge on any atom is -0.351 e. The summed E-state index contributed by atoms with van der Waals surface area (Å²) < 4.78 is 0. The summed E-state index contributed by atoms with van der Waals surface area (Å²) in [6.07, 6.45) is 7.94. The first kappa shape index (κ1) is 12.1. The predicted molar refractivity (Wildman–Crippen MR) is 65.8 cm³/mol. The van der Waals surface area contributed by atoms with Gasteiger partial charge in [-0.2, -0.15) is 0 Å². The number of aromatic amines is 1. The van der Waals surface area contributed by atoms with E-state index in [9.17, 15) is 4.79 Å². The Balaban J connectivity index is 1.52. The maximum atomic E-state index is 11.5. The molecule has 1 aromatic heterocycles. The summed E-state index contributed by atoms with van der Waals surface area (Å²) in [5, 5.41) is 2.88. The molecule has 2 heterocycles. The Kier molecular flexibility index (Phi) is 4.55. The van der Waals surface area contributed by atoms with Crippen molar-refractivity contribution in [3.8, 4) is 0 Å². The fraction of sp³-hybridized carbons (Fsp3) is 0.667. The predicted octanol–water partition coefficient (Wildman–Crippen LogP) is 1.02. The van der Waals surface area contributed by atoms with E-state index in [4.69, 9.17) is 0 Å². The number of hydrogen-bond donors (Lipinski definition) is 2. The number of unbranched alkanes of at least 4 members (excludes halogenated alkanes) is 1. The summed E-state index contributed by atoms with van der Waals surface area (Å²) in [7, 11) is 0. The lowest BCUT2D eigenvalue weighted by atomic mass is 10.3. The van der Waals surface area contributed by atoms with Crippen LogP contribution in [0.1, 0.15) is 36.2 Å². The number of hydrogen-bond acceptors (Lipinski definition) is 3. The van der Waals surface area contributed by atoms with E-state index in [1.54, 1.807) is 6.20 Å². The highest BCUT2D eigenvalue weighted by atomic mass is 16.1. The summed E-state index contributed by atoms with van der Waals surface area (Å²) >= 11 is 0. The Morgan fingerprint density at radius 2 is 2.24 bits per heavy atom. The molecule has 1 amide bonds. The highest BCUT2D eigenvalue weighted by molar-refractivity contribution is 5.91. The minimum atomic E-state index is -0.0660. The Bertz CT molecular complexity index is 330. The normalized spacial score (nSPS) is 16.2. The van der Waals surface area contributed by atoms with Crippen LogP contribution in [-0.4, -0.2) is 47.0 Å². The molecule has 1 aromatic rings. The van der Waals surface area contributed by atoms with Gasteiger partial charge in [-0.05, 0) is 45.3 Å². The first-order valence-corrected chi connectivity index (χ1v) is 6.35. The second kappa shape index (κ2) is 6.39. The lowest BCUT2D eigenvalue weighted by Crippen LogP contribution is -2.26. The zero-order valence-corrected chi connectivity index (χ0v) is 10.1. The zero-order chi connectivity index (χ0) is 11.9. The Morgan fingerprint density at radius 3 is 2.94 bits per heavy atom. The smallest absolute Gasteiger partial charge is 0.269 e. The van der Waals surface area contributed by atoms with E-state index in [-0.39, 0.29) is 5.91 Å². The van der Waals surface area contributed by atoms with Gasteiger partial charge in [-0.3, -0.25) is 4.79 Å². The topological polar surface area (TPSA) is 61.0 Å². The number of H-pyrrole nitrogens is 1. The van der Waals surface area contributed by atoms with Gasteiger partial charge in [0.2, 0.25) is 0 Å². The maximum Gasteiger partial charge on any atom is 0.269 e. The first-order valence-electron chi connectivity index (χ1n) is 6.35. The van der Waals surface area contributed by atoms with Crippen molar-refractivity contribution in [2.75, 3.05) is 26.2 Å². The molecular formula is C12H20N4O. The Labute approximate surface area is 102 Å². The average molecular weight is 236 g/mol. The fourth-order valence-electron chi connectivity index (χ4n) is 2.14. The Morgan fingerprint density at radius 1 is 1.41 bits per heavy atom. The lowest BCUT2D eigenvalue weighted by Gasteiger charge is -2.13. The number of carbonyl (C=O) groups excluding carboxylic acids is 1. The van der Waals surface area contributed by atoms with Crippen molar-refractivity contribution in [2.45, 2.75) is 25.7 Å². The Hall–Kier alpha value is -1.36. The molecule has 0 radical (unpaired) electrons. The molecule has 0 bridgehead atoms. The number of aromatic nitrogens is 2. The highest BCUT2D eigenvalue weighted by Crippen LogP contribution is 2.07. The van der Waals surface area contributed by atoms with Gasteiger partial charge in [0.1, 0.15) is 5.69 Å². The van der Waals surface area contributed by atoms with Crippen LogP contribution in [0.2, 0.25) is 0 Å². The van der Waals surface area contributed by atoms with Crippen LogP contribution in [0.5, 0.6) is 0 Å². The van der Waals surface area contributed by atoms with Crippen LogP contribution in [0, 0.1) is 0 Å². The zero-order valence-electron chi connectivity index (χ0n) is 10.1. The molecule has 5 nitrogen and oxygen atoms in total. The third kappa shape index (κ3) is 3.85. The van der Waals surface area contributed by atoms with E-state index >= 15 is 0 Å². The van der Waals surface area contributed by atoms with Crippen LogP contribution < -0.4 is 5.32 Å². The van der Waals surface area contributed by atoms with E-state index in [0.29, 0.717) is 5.69 Å². The highest BCUT2D eigenvalue weighted by Gasteiger charge is 2.10. The van der Waals surface area contributed by atoms with Crippen LogP contribution >= 0.6 is 0 Å². The van der Waals surface area contributed by atoms with Crippen LogP contribution in [0.25, 0.3) is 0 Å². The van der Waals surface area contributed by atoms with Crippen molar-refractivity contribution in [1.82, 2.24) is 20.2 Å². The molecule has 2 N–H and O–H groups in total. The maximum absolute atomic E-state index is 11.5. The van der Waals surface area contributed by atoms with Gasteiger partial charge in [0.15, 0.2) is 0 Å². The quantitative estimate of drug-likeness (QED) is 0.725. The van der Waals surface area contributed by atoms with Crippen LogP contribution in [0.3, 0.4) is 0 Å². The second-order valence-electron chi connectivity index (χ2n) is 4.48. The van der Waals surface area contributed by atoms with Gasteiger partial charge in [0.05, 0.1) is 12.5 Å². The number of rotatable bonds is 6. The van der Waals surface area contributed by atoms with Crippen molar-refractivity contribution < 1.29 is 4.79 Å². The number of likely N-dealkylation sites (tertiary alicyclic amines) is 1. The molecular weight excluding hydrogens is 216 g/mol. The van der Waals surface area contributed by atoms with Gasteiger partial charge >= 0.3 is 0 Å². The molecule has 0 unspecified atom stereocenters. The molecule has 0 aliphatic carbocycles. The third-order valence-electron chi connectivity index (χ3n) is 3.13. The lowest BCUT2D eigenvalue weighted by molar-refractivity contribution is 0.0948. The van der Waals surface area contributed by atoms with Gasteiger partial charge in [0, 0.05) is 6.54 Å². The van der Waals surface area contributed by atoms with Crippen molar-refractivity contribution >= 4 is 5.91 Å². The summed E-state index contributed by atoms with van der Waals surface area (Å²) in [5.74, 6) is -0.0660. The van der Waals surface area contributed by atoms with Crippen molar-refractivity contribution in [1.29, 1.82) is 0 Å². The minimum absolute atomic E-state index is 0.0660. The summed E-state index contributed by atoms with van der Waals surface area (Å²) in [6.45, 7) is 4.41. The number of nitrogens with one attached hydrogen (secondary N) is 2. The van der Waals surface area contributed by atoms with Gasteiger partial charge in [-0.25, -0.2) is 4.98 Å². The number of nitrogens with zero attached hydrogens (tertiary/aromatic N) is 2. The van der Waals surface area contributed by atoms with Gasteiger partial charge in [-0.15, -0.1) is 0 Å². The van der Waals surface area contributed by atoms with Crippen molar-refractivity contribution in [2.24, 2.45) is 0 Å². The van der Waals surface area contributed by atoms with E-state index < -0.39 is 0 Å². The fourth-order valence-corrected chi connectivity index (χ4v) is 2.14. The summed E-state index contributed by atoms with van der Waals surface area (Å²) in [6, 6.07) is 0. The molecule has 0 spiro atoms. The SMILES string of the molecule is O=C(NCCCCN1CCCC1)c1cnc[nH]1. The van der Waals surface area contributed by atoms with Crippen LogP contribution in [0.15, 0.2) is 12.5 Å². The monoisotopic (exact) mass is 236 g/mol. The molecule has 2 rings (SSSR count). The molecule has 0 aromatic carbocycles. The molecule has 0 atom stereocenters. The number of imidazole rings is 1. The number of amides is 1. The first-order chi connectivity index (χ1) is 8.36. The standard InChI is InChI=1S/C12H20N4O/c17-12(11-9-13-10-15-11)14-5-1-2-6-16-7-3-4-8-16/h9-10H,1-8H2,(H,13,15)(H,14,17). The van der Waals surface area contributed by atoms with Crippen molar-refractivity contribution in [3.05, 3.63) is 18.2 Å².